The lowest BCUT2D eigenvalue weighted by atomic mass is 9.70. The van der Waals surface area contributed by atoms with Crippen molar-refractivity contribution < 1.29 is 77.9 Å². The minimum Gasteiger partial charge on any atom is -0.466 e. The minimum atomic E-state index is -2.45. The number of fused-ring (bicyclic) bond motifs is 6. The fraction of sp³-hybridized carbons (Fsp3) is 0.689. The summed E-state index contributed by atoms with van der Waals surface area (Å²) < 4.78 is 40.7. The van der Waals surface area contributed by atoms with Crippen molar-refractivity contribution in [2.45, 2.75) is 172 Å². The highest BCUT2D eigenvalue weighted by Gasteiger charge is 2.59. The van der Waals surface area contributed by atoms with Gasteiger partial charge < -0.3 is 58.7 Å². The molecular weight excluding hydrogens is 796 g/mol. The van der Waals surface area contributed by atoms with E-state index in [2.05, 4.69) is 0 Å². The second-order valence-electron chi connectivity index (χ2n) is 17.7. The molecule has 4 aliphatic rings. The summed E-state index contributed by atoms with van der Waals surface area (Å²) in [4.78, 5) is 52.0. The number of carbonyl (C=O) groups is 4. The molecule has 4 rings (SSSR count). The highest BCUT2D eigenvalue weighted by atomic mass is 16.7. The average molecular weight is 863 g/mol. The van der Waals surface area contributed by atoms with Crippen molar-refractivity contribution in [3.63, 3.8) is 0 Å². The van der Waals surface area contributed by atoms with E-state index < -0.39 is 108 Å². The zero-order valence-corrected chi connectivity index (χ0v) is 36.6. The summed E-state index contributed by atoms with van der Waals surface area (Å²) >= 11 is 0. The van der Waals surface area contributed by atoms with Crippen molar-refractivity contribution in [1.82, 2.24) is 0 Å². The van der Waals surface area contributed by atoms with Gasteiger partial charge in [-0.1, -0.05) is 77.0 Å². The third kappa shape index (κ3) is 12.7. The summed E-state index contributed by atoms with van der Waals surface area (Å²) in [6.45, 7) is 9.92. The van der Waals surface area contributed by atoms with E-state index in [1.165, 1.54) is 39.4 Å². The van der Waals surface area contributed by atoms with Gasteiger partial charge in [0.2, 0.25) is 5.79 Å². The smallest absolute Gasteiger partial charge is 0.331 e. The molecule has 2 unspecified atom stereocenters. The van der Waals surface area contributed by atoms with Crippen LogP contribution in [0.15, 0.2) is 59.8 Å². The van der Waals surface area contributed by atoms with Crippen LogP contribution in [-0.4, -0.2) is 130 Å². The molecule has 342 valence electrons. The molecule has 4 aliphatic heterocycles. The van der Waals surface area contributed by atoms with Gasteiger partial charge in [0.15, 0.2) is 11.9 Å². The second kappa shape index (κ2) is 21.1. The van der Waals surface area contributed by atoms with Crippen LogP contribution in [0.4, 0.5) is 0 Å². The maximum absolute atomic E-state index is 13.4. The maximum Gasteiger partial charge on any atom is 0.331 e. The summed E-state index contributed by atoms with van der Waals surface area (Å²) in [5, 5.41) is 58.3. The molecular formula is C45H66O16. The van der Waals surface area contributed by atoms with Crippen LogP contribution in [0.3, 0.4) is 0 Å². The quantitative estimate of drug-likeness (QED) is 0.0770. The van der Waals surface area contributed by atoms with Gasteiger partial charge in [-0.05, 0) is 38.2 Å². The van der Waals surface area contributed by atoms with E-state index in [9.17, 15) is 44.7 Å². The van der Waals surface area contributed by atoms with E-state index in [0.29, 0.717) is 5.57 Å². The molecule has 3 saturated heterocycles. The zero-order valence-electron chi connectivity index (χ0n) is 36.6. The van der Waals surface area contributed by atoms with Crippen molar-refractivity contribution in [1.29, 1.82) is 0 Å². The Morgan fingerprint density at radius 1 is 0.885 bits per heavy atom. The summed E-state index contributed by atoms with van der Waals surface area (Å²) in [5.74, 6) is -7.61. The molecule has 0 saturated carbocycles. The number of ether oxygens (including phenoxy) is 7. The van der Waals surface area contributed by atoms with Crippen LogP contribution < -0.4 is 0 Å². The monoisotopic (exact) mass is 862 g/mol. The van der Waals surface area contributed by atoms with Gasteiger partial charge in [0.25, 0.3) is 0 Å². The molecule has 3 fully saturated rings. The third-order valence-electron chi connectivity index (χ3n) is 12.1. The number of cyclic esters (lactones) is 1. The Morgan fingerprint density at radius 2 is 1.57 bits per heavy atom. The average Bonchev–Trinajstić information content (AvgIpc) is 3.16. The van der Waals surface area contributed by atoms with Gasteiger partial charge in [0, 0.05) is 54.7 Å². The number of carbonyl (C=O) groups excluding carboxylic acids is 4. The summed E-state index contributed by atoms with van der Waals surface area (Å²) in [5.41, 5.74) is -2.00. The molecule has 11 atom stereocenters. The lowest BCUT2D eigenvalue weighted by molar-refractivity contribution is -0.348. The standard InChI is InChI=1S/C45H66O16/c1-9-10-11-12-13-14-37(49)59-41-29(21-39(51)56-8)20-32-24-35(27(2)46)58-40(52)23-30(47)22-33-25-36(48)43(5,6)44(53,60-33)26-34-18-28(19-38(50)55-7)17-31(57-34)15-16-42(3,4)45(41,54)61-32/h11-16,19,21,27,30-36,41,46-48,53-54H,9-10,17-18,20,22-26H2,1-8H3/b12-11+,14-13+,16-15+,28-19-,29-21+/t27-,30-,31?,32?,33-,34+,35-,36+,41+,44+,45-/m1/s1. The summed E-state index contributed by atoms with van der Waals surface area (Å²) in [6.07, 6.45) is 2.75. The largest absolute Gasteiger partial charge is 0.466 e. The van der Waals surface area contributed by atoms with Crippen molar-refractivity contribution in [3.8, 4) is 0 Å². The molecule has 6 bridgehead atoms. The molecule has 16 nitrogen and oxygen atoms in total. The number of allylic oxidation sites excluding steroid dienone is 3. The molecule has 16 heteroatoms. The lowest BCUT2D eigenvalue weighted by Gasteiger charge is -2.53. The summed E-state index contributed by atoms with van der Waals surface area (Å²) in [6, 6.07) is 0. The second-order valence-corrected chi connectivity index (χ2v) is 17.7. The highest BCUT2D eigenvalue weighted by Crippen LogP contribution is 2.49. The van der Waals surface area contributed by atoms with Crippen LogP contribution >= 0.6 is 0 Å². The number of aliphatic hydroxyl groups excluding tert-OH is 3. The van der Waals surface area contributed by atoms with E-state index in [-0.39, 0.29) is 50.5 Å². The Bertz CT molecular complexity index is 1710. The maximum atomic E-state index is 13.4. The SMILES string of the molecule is CCC/C=C/C=C/C(=O)O[C@H]1/C(=C/C(=O)OC)CC2C[C@H]([C@@H](C)O)OC(=O)C[C@H](O)C[C@@H]3C[C@H](O)C(C)(C)[C@](O)(C[C@@H]4C/C(=C\C(=O)OC)CC(/C=C/C(C)(C)[C@]1(O)O2)O4)O3. The number of rotatable bonds is 8. The van der Waals surface area contributed by atoms with Crippen LogP contribution in [0.5, 0.6) is 0 Å². The first kappa shape index (κ1) is 49.9. The predicted molar refractivity (Wildman–Crippen MR) is 219 cm³/mol. The Hall–Kier alpha value is -3.74. The number of esters is 4. The molecule has 4 heterocycles. The Morgan fingerprint density at radius 3 is 2.23 bits per heavy atom. The van der Waals surface area contributed by atoms with Crippen LogP contribution in [-0.2, 0) is 52.3 Å². The van der Waals surface area contributed by atoms with Gasteiger partial charge in [-0.25, -0.2) is 14.4 Å². The first-order valence-corrected chi connectivity index (χ1v) is 21.0. The number of unbranched alkanes of at least 4 members (excludes halogenated alkanes) is 1. The van der Waals surface area contributed by atoms with E-state index in [1.54, 1.807) is 45.9 Å². The van der Waals surface area contributed by atoms with Crippen molar-refractivity contribution in [2.75, 3.05) is 14.2 Å². The molecule has 0 spiro atoms. The lowest BCUT2D eigenvalue weighted by Crippen LogP contribution is -2.62. The number of methoxy groups -OCH3 is 2. The number of aliphatic hydroxyl groups is 5. The molecule has 5 N–H and O–H groups in total. The Kier molecular flexibility index (Phi) is 17.3. The molecule has 0 aromatic carbocycles. The zero-order chi connectivity index (χ0) is 45.3. The van der Waals surface area contributed by atoms with Crippen LogP contribution in [0, 0.1) is 10.8 Å². The first-order chi connectivity index (χ1) is 28.6. The Labute approximate surface area is 358 Å². The van der Waals surface area contributed by atoms with Crippen LogP contribution in [0.25, 0.3) is 0 Å². The van der Waals surface area contributed by atoms with Gasteiger partial charge in [0.05, 0.1) is 63.4 Å². The van der Waals surface area contributed by atoms with E-state index in [0.717, 1.165) is 18.9 Å². The Balaban J connectivity index is 1.87. The highest BCUT2D eigenvalue weighted by molar-refractivity contribution is 5.84. The van der Waals surface area contributed by atoms with Gasteiger partial charge in [-0.2, -0.15) is 0 Å². The molecule has 0 aromatic rings. The van der Waals surface area contributed by atoms with Gasteiger partial charge in [0.1, 0.15) is 6.10 Å². The number of hydrogen-bond acceptors (Lipinski definition) is 16. The van der Waals surface area contributed by atoms with Gasteiger partial charge >= 0.3 is 23.9 Å². The van der Waals surface area contributed by atoms with Crippen molar-refractivity contribution >= 4 is 23.9 Å². The van der Waals surface area contributed by atoms with Crippen LogP contribution in [0.2, 0.25) is 0 Å². The first-order valence-electron chi connectivity index (χ1n) is 21.0. The molecule has 0 radical (unpaired) electrons. The fourth-order valence-electron chi connectivity index (χ4n) is 8.20. The molecule has 0 amide bonds. The van der Waals surface area contributed by atoms with Crippen LogP contribution in [0.1, 0.15) is 106 Å². The molecule has 61 heavy (non-hydrogen) atoms. The fourth-order valence-corrected chi connectivity index (χ4v) is 8.20. The van der Waals surface area contributed by atoms with E-state index in [4.69, 9.17) is 33.2 Å². The number of hydrogen-bond donors (Lipinski definition) is 5. The summed E-state index contributed by atoms with van der Waals surface area (Å²) in [7, 11) is 2.41. The minimum absolute atomic E-state index is 0.0448. The van der Waals surface area contributed by atoms with E-state index in [1.807, 2.05) is 13.0 Å². The third-order valence-corrected chi connectivity index (χ3v) is 12.1. The molecule has 0 aliphatic carbocycles. The normalized spacial score (nSPS) is 37.1. The topological polar surface area (TPSA) is 234 Å². The van der Waals surface area contributed by atoms with E-state index >= 15 is 0 Å². The molecule has 0 aromatic heterocycles. The predicted octanol–water partition coefficient (Wildman–Crippen LogP) is 3.71. The van der Waals surface area contributed by atoms with Crippen molar-refractivity contribution in [2.24, 2.45) is 10.8 Å². The van der Waals surface area contributed by atoms with Crippen molar-refractivity contribution in [3.05, 3.63) is 59.8 Å². The van der Waals surface area contributed by atoms with Gasteiger partial charge in [-0.15, -0.1) is 0 Å². The van der Waals surface area contributed by atoms with Gasteiger partial charge in [-0.3, -0.25) is 4.79 Å².